The summed E-state index contributed by atoms with van der Waals surface area (Å²) in [7, 11) is 0. The minimum absolute atomic E-state index is 0. The van der Waals surface area contributed by atoms with Crippen LogP contribution in [0.2, 0.25) is 11.6 Å². The summed E-state index contributed by atoms with van der Waals surface area (Å²) in [6.45, 7) is 5.10. The Morgan fingerprint density at radius 1 is 0.909 bits per heavy atom. The van der Waals surface area contributed by atoms with Crippen molar-refractivity contribution in [3.05, 3.63) is 6.82 Å². The van der Waals surface area contributed by atoms with Gasteiger partial charge in [-0.2, -0.15) is 0 Å². The molecule has 0 aliphatic carbocycles. The van der Waals surface area contributed by atoms with Crippen molar-refractivity contribution in [1.29, 1.82) is 0 Å². The summed E-state index contributed by atoms with van der Waals surface area (Å²) in [5.41, 5.74) is 0. The van der Waals surface area contributed by atoms with Gasteiger partial charge in [-0.05, 0) is 6.71 Å². The average molecular weight is 142 g/mol. The largest absolute Gasteiger partial charge is 1.00 e. The first-order valence-electron chi connectivity index (χ1n) is 4.71. The van der Waals surface area contributed by atoms with Crippen LogP contribution >= 0.6 is 0 Å². The number of hydrogen-bond donors (Lipinski definition) is 0. The smallest absolute Gasteiger partial charge is 0.364 e. The van der Waals surface area contributed by atoms with Crippen LogP contribution in [0, 0.1) is 6.82 Å². The molecule has 2 bridgehead atoms. The molecule has 0 unspecified atom stereocenters. The zero-order chi connectivity index (χ0) is 6.97. The summed E-state index contributed by atoms with van der Waals surface area (Å²) in [6, 6.07) is 0. The van der Waals surface area contributed by atoms with Gasteiger partial charge < -0.3 is 6.82 Å². The van der Waals surface area contributed by atoms with Gasteiger partial charge >= 0.3 is 18.9 Å². The molecule has 0 nitrogen and oxygen atoms in total. The summed E-state index contributed by atoms with van der Waals surface area (Å²) >= 11 is 0. The fourth-order valence-corrected chi connectivity index (χ4v) is 2.81. The molecule has 0 aromatic heterocycles. The third-order valence-corrected chi connectivity index (χ3v) is 3.51. The molecule has 0 amide bonds. The molecule has 2 aliphatic rings. The van der Waals surface area contributed by atoms with E-state index in [0.29, 0.717) is 0 Å². The topological polar surface area (TPSA) is 0 Å². The first kappa shape index (κ1) is 9.75. The Morgan fingerprint density at radius 2 is 1.27 bits per heavy atom. The van der Waals surface area contributed by atoms with E-state index >= 15 is 0 Å². The first-order valence-corrected chi connectivity index (χ1v) is 4.71. The normalized spacial score (nSPS) is 36.3. The molecule has 2 heterocycles. The summed E-state index contributed by atoms with van der Waals surface area (Å²) in [6.07, 6.45) is 8.88. The van der Waals surface area contributed by atoms with E-state index in [9.17, 15) is 0 Å². The van der Waals surface area contributed by atoms with Gasteiger partial charge in [0.05, 0.1) is 0 Å². The number of fused-ring (bicyclic) bond motifs is 2. The molecule has 2 fully saturated rings. The quantitative estimate of drug-likeness (QED) is 0.329. The molecule has 0 radical (unpaired) electrons. The summed E-state index contributed by atoms with van der Waals surface area (Å²) < 4.78 is 0. The van der Waals surface area contributed by atoms with Gasteiger partial charge in [-0.1, -0.05) is 50.2 Å². The third kappa shape index (κ3) is 1.87. The third-order valence-electron chi connectivity index (χ3n) is 3.51. The Bertz CT molecular complexity index is 105. The fraction of sp³-hybridized carbons (Fsp3) is 0.889. The Hall–Kier alpha value is 0.662. The zero-order valence-electron chi connectivity index (χ0n) is 7.68. The number of hydrogen-bond acceptors (Lipinski definition) is 0. The van der Waals surface area contributed by atoms with Crippen molar-refractivity contribution in [3.63, 3.8) is 0 Å². The van der Waals surface area contributed by atoms with Crippen molar-refractivity contribution in [2.75, 3.05) is 0 Å². The molecule has 0 saturated carbocycles. The molecule has 0 spiro atoms. The van der Waals surface area contributed by atoms with Gasteiger partial charge in [0.1, 0.15) is 0 Å². The molecule has 2 heteroatoms. The van der Waals surface area contributed by atoms with E-state index in [1.165, 1.54) is 38.5 Å². The molecular weight excluding hydrogens is 126 g/mol. The molecule has 56 valence electrons. The van der Waals surface area contributed by atoms with Crippen LogP contribution in [0.3, 0.4) is 0 Å². The van der Waals surface area contributed by atoms with Crippen LogP contribution in [0.4, 0.5) is 0 Å². The van der Waals surface area contributed by atoms with Crippen LogP contribution in [0.5, 0.6) is 0 Å². The minimum atomic E-state index is 0. The summed E-state index contributed by atoms with van der Waals surface area (Å²) in [4.78, 5) is 0. The van der Waals surface area contributed by atoms with E-state index in [0.717, 1.165) is 18.3 Å². The summed E-state index contributed by atoms with van der Waals surface area (Å²) in [5, 5.41) is 0. The maximum atomic E-state index is 4.28. The van der Waals surface area contributed by atoms with E-state index < -0.39 is 0 Å². The van der Waals surface area contributed by atoms with Gasteiger partial charge in [-0.25, -0.2) is 0 Å². The molecule has 0 N–H and O–H groups in total. The van der Waals surface area contributed by atoms with Crippen molar-refractivity contribution >= 4 is 6.71 Å². The van der Waals surface area contributed by atoms with Crippen molar-refractivity contribution in [1.82, 2.24) is 0 Å². The van der Waals surface area contributed by atoms with E-state index in [4.69, 9.17) is 0 Å². The molecule has 0 atom stereocenters. The fourth-order valence-electron chi connectivity index (χ4n) is 2.81. The standard InChI is InChI=1S/C9H16B.Li/c1-10-8-4-2-5-9(10)7-3-6-8;/h8-9H,1-7H2;/q-1;+1. The van der Waals surface area contributed by atoms with Gasteiger partial charge in [0.25, 0.3) is 0 Å². The van der Waals surface area contributed by atoms with Crippen LogP contribution in [0.1, 0.15) is 38.5 Å². The Morgan fingerprint density at radius 3 is 1.55 bits per heavy atom. The molecule has 0 aromatic rings. The van der Waals surface area contributed by atoms with Crippen LogP contribution < -0.4 is 18.9 Å². The average Bonchev–Trinajstić information content (AvgIpc) is 1.86. The minimum Gasteiger partial charge on any atom is -0.364 e. The van der Waals surface area contributed by atoms with Gasteiger partial charge in [-0.15, -0.1) is 0 Å². The summed E-state index contributed by atoms with van der Waals surface area (Å²) in [5.74, 6) is 2.01. The van der Waals surface area contributed by atoms with Gasteiger partial charge in [0.2, 0.25) is 0 Å². The van der Waals surface area contributed by atoms with Crippen molar-refractivity contribution < 1.29 is 18.9 Å². The van der Waals surface area contributed by atoms with Crippen LogP contribution in [-0.2, 0) is 0 Å². The Kier molecular flexibility index (Phi) is 3.60. The van der Waals surface area contributed by atoms with Crippen molar-refractivity contribution in [3.8, 4) is 0 Å². The van der Waals surface area contributed by atoms with E-state index in [1.54, 1.807) is 0 Å². The van der Waals surface area contributed by atoms with E-state index in [2.05, 4.69) is 6.82 Å². The second-order valence-electron chi connectivity index (χ2n) is 4.05. The molecule has 11 heavy (non-hydrogen) atoms. The van der Waals surface area contributed by atoms with Crippen LogP contribution in [0.15, 0.2) is 0 Å². The van der Waals surface area contributed by atoms with Crippen molar-refractivity contribution in [2.24, 2.45) is 0 Å². The zero-order valence-corrected chi connectivity index (χ0v) is 7.68. The van der Waals surface area contributed by atoms with E-state index in [1.807, 2.05) is 0 Å². The van der Waals surface area contributed by atoms with Crippen LogP contribution in [-0.4, -0.2) is 6.71 Å². The SMILES string of the molecule is [CH2-]B1C2CCCC1CCC2.[Li+]. The molecular formula is C9H16BLi. The van der Waals surface area contributed by atoms with Crippen molar-refractivity contribution in [2.45, 2.75) is 50.2 Å². The molecule has 2 rings (SSSR count). The maximum absolute atomic E-state index is 4.28. The van der Waals surface area contributed by atoms with E-state index in [-0.39, 0.29) is 18.9 Å². The molecule has 0 aromatic carbocycles. The molecule has 2 aliphatic heterocycles. The predicted octanol–water partition coefficient (Wildman–Crippen LogP) is -0.0333. The molecule has 2 saturated heterocycles. The Balaban J connectivity index is 0.000000605. The monoisotopic (exact) mass is 142 g/mol. The second-order valence-corrected chi connectivity index (χ2v) is 4.05. The first-order chi connectivity index (χ1) is 4.88. The predicted molar refractivity (Wildman–Crippen MR) is 46.3 cm³/mol. The van der Waals surface area contributed by atoms with Crippen LogP contribution in [0.25, 0.3) is 0 Å². The second kappa shape index (κ2) is 4.06. The van der Waals surface area contributed by atoms with Gasteiger partial charge in [-0.3, -0.25) is 0 Å². The Labute approximate surface area is 82.8 Å². The van der Waals surface area contributed by atoms with Gasteiger partial charge in [0, 0.05) is 0 Å². The maximum Gasteiger partial charge on any atom is 1.00 e. The number of rotatable bonds is 0. The van der Waals surface area contributed by atoms with Gasteiger partial charge in [0.15, 0.2) is 0 Å².